The van der Waals surface area contributed by atoms with Crippen LogP contribution in [0.1, 0.15) is 23.6 Å². The number of β-lactam (4-membered cyclic amide) rings is 1. The molecule has 0 aliphatic carbocycles. The molecule has 2 N–H and O–H groups in total. The van der Waals surface area contributed by atoms with E-state index in [-0.39, 0.29) is 11.8 Å². The number of aromatic amines is 1. The second kappa shape index (κ2) is 6.09. The second-order valence-corrected chi connectivity index (χ2v) is 6.33. The van der Waals surface area contributed by atoms with Gasteiger partial charge in [-0.25, -0.2) is 0 Å². The molecule has 3 aromatic rings. The lowest BCUT2D eigenvalue weighted by Crippen LogP contribution is -2.49. The fourth-order valence-corrected chi connectivity index (χ4v) is 3.29. The van der Waals surface area contributed by atoms with Crippen LogP contribution in [0.2, 0.25) is 0 Å². The number of aryl methyl sites for hydroxylation is 1. The molecule has 0 radical (unpaired) electrons. The number of nitrogens with zero attached hydrogens (tertiary/aromatic N) is 1. The van der Waals surface area contributed by atoms with E-state index in [9.17, 15) is 9.59 Å². The molecule has 1 aromatic heterocycles. The van der Waals surface area contributed by atoms with Gasteiger partial charge in [0.1, 0.15) is 6.04 Å². The zero-order chi connectivity index (χ0) is 17.4. The van der Waals surface area contributed by atoms with Crippen LogP contribution in [0.4, 0.5) is 5.69 Å². The largest absolute Gasteiger partial charge is 0.361 e. The van der Waals surface area contributed by atoms with Crippen LogP contribution in [0, 0.1) is 6.92 Å². The highest BCUT2D eigenvalue weighted by Crippen LogP contribution is 2.33. The fourth-order valence-electron chi connectivity index (χ4n) is 3.29. The number of carbonyl (C=O) groups excluding carboxylic acids is 2. The summed E-state index contributed by atoms with van der Waals surface area (Å²) in [5, 5.41) is 3.95. The minimum absolute atomic E-state index is 0.00946. The third kappa shape index (κ3) is 2.67. The highest BCUT2D eigenvalue weighted by Gasteiger charge is 2.38. The van der Waals surface area contributed by atoms with Crippen molar-refractivity contribution in [2.45, 2.75) is 19.4 Å². The first kappa shape index (κ1) is 15.4. The van der Waals surface area contributed by atoms with Crippen molar-refractivity contribution in [3.8, 4) is 0 Å². The lowest BCUT2D eigenvalue weighted by atomic mass is 9.99. The van der Waals surface area contributed by atoms with Crippen molar-refractivity contribution in [1.29, 1.82) is 0 Å². The van der Waals surface area contributed by atoms with E-state index in [0.717, 1.165) is 27.7 Å². The van der Waals surface area contributed by atoms with E-state index in [1.807, 2.05) is 61.7 Å². The molecule has 2 heterocycles. The summed E-state index contributed by atoms with van der Waals surface area (Å²) in [5.41, 5.74) is 3.54. The van der Waals surface area contributed by atoms with Crippen molar-refractivity contribution in [1.82, 2.24) is 9.88 Å². The summed E-state index contributed by atoms with van der Waals surface area (Å²) >= 11 is 0. The molecule has 2 amide bonds. The monoisotopic (exact) mass is 333 g/mol. The molecule has 1 aliphatic rings. The summed E-state index contributed by atoms with van der Waals surface area (Å²) in [4.78, 5) is 30.0. The Morgan fingerprint density at radius 2 is 1.92 bits per heavy atom. The minimum atomic E-state index is -0.628. The van der Waals surface area contributed by atoms with Crippen LogP contribution < -0.4 is 5.32 Å². The van der Waals surface area contributed by atoms with Crippen LogP contribution in [-0.4, -0.2) is 28.2 Å². The molecular formula is C20H19N3O2. The molecule has 1 saturated heterocycles. The molecule has 4 rings (SSSR count). The zero-order valence-corrected chi connectivity index (χ0v) is 14.0. The van der Waals surface area contributed by atoms with Gasteiger partial charge in [0.2, 0.25) is 5.91 Å². The number of rotatable bonds is 4. The minimum Gasteiger partial charge on any atom is -0.361 e. The molecule has 0 saturated carbocycles. The van der Waals surface area contributed by atoms with Crippen molar-refractivity contribution in [2.75, 3.05) is 11.9 Å². The topological polar surface area (TPSA) is 65.2 Å². The standard InChI is InChI=1S/C20H19N3O2/c1-13-6-2-4-8-16(13)22-20(25)19(23-11-10-18(23)24)15-12-21-17-9-5-3-7-14(15)17/h2-9,12,19,21H,10-11H2,1H3,(H,22,25). The molecule has 25 heavy (non-hydrogen) atoms. The smallest absolute Gasteiger partial charge is 0.251 e. The molecule has 1 aliphatic heterocycles. The number of fused-ring (bicyclic) bond motifs is 1. The molecule has 1 atom stereocenters. The molecular weight excluding hydrogens is 314 g/mol. The van der Waals surface area contributed by atoms with Crippen LogP contribution in [0.3, 0.4) is 0 Å². The van der Waals surface area contributed by atoms with Crippen molar-refractivity contribution >= 4 is 28.4 Å². The first-order chi connectivity index (χ1) is 12.1. The van der Waals surface area contributed by atoms with Crippen LogP contribution >= 0.6 is 0 Å². The molecule has 5 nitrogen and oxygen atoms in total. The summed E-state index contributed by atoms with van der Waals surface area (Å²) in [7, 11) is 0. The molecule has 1 unspecified atom stereocenters. The first-order valence-corrected chi connectivity index (χ1v) is 8.37. The van der Waals surface area contributed by atoms with Crippen LogP contribution in [0.15, 0.2) is 54.7 Å². The van der Waals surface area contributed by atoms with Gasteiger partial charge in [0.15, 0.2) is 0 Å². The van der Waals surface area contributed by atoms with Crippen molar-refractivity contribution in [3.63, 3.8) is 0 Å². The van der Waals surface area contributed by atoms with Crippen LogP contribution in [0.5, 0.6) is 0 Å². The SMILES string of the molecule is Cc1ccccc1NC(=O)C(c1c[nH]c2ccccc12)N1CCC1=O. The summed E-state index contributed by atoms with van der Waals surface area (Å²) in [6, 6.07) is 14.8. The molecule has 1 fully saturated rings. The number of aromatic nitrogens is 1. The van der Waals surface area contributed by atoms with E-state index in [4.69, 9.17) is 0 Å². The van der Waals surface area contributed by atoms with Crippen LogP contribution in [-0.2, 0) is 9.59 Å². The van der Waals surface area contributed by atoms with E-state index >= 15 is 0 Å². The molecule has 0 bridgehead atoms. The Bertz CT molecular complexity index is 960. The fraction of sp³-hybridized carbons (Fsp3) is 0.200. The van der Waals surface area contributed by atoms with Crippen molar-refractivity contribution in [3.05, 3.63) is 65.9 Å². The van der Waals surface area contributed by atoms with Gasteiger partial charge >= 0.3 is 0 Å². The van der Waals surface area contributed by atoms with Crippen molar-refractivity contribution < 1.29 is 9.59 Å². The predicted molar refractivity (Wildman–Crippen MR) is 97.2 cm³/mol. The van der Waals surface area contributed by atoms with Gasteiger partial charge < -0.3 is 15.2 Å². The Morgan fingerprint density at radius 3 is 2.64 bits per heavy atom. The highest BCUT2D eigenvalue weighted by atomic mass is 16.2. The predicted octanol–water partition coefficient (Wildman–Crippen LogP) is 3.39. The van der Waals surface area contributed by atoms with E-state index in [1.54, 1.807) is 4.90 Å². The van der Waals surface area contributed by atoms with E-state index < -0.39 is 6.04 Å². The normalized spacial score (nSPS) is 15.1. The van der Waals surface area contributed by atoms with Gasteiger partial charge in [-0.2, -0.15) is 0 Å². The quantitative estimate of drug-likeness (QED) is 0.719. The molecule has 126 valence electrons. The maximum Gasteiger partial charge on any atom is 0.251 e. The number of para-hydroxylation sites is 2. The Kier molecular flexibility index (Phi) is 3.76. The maximum atomic E-state index is 13.1. The summed E-state index contributed by atoms with van der Waals surface area (Å²) in [5.74, 6) is -0.178. The summed E-state index contributed by atoms with van der Waals surface area (Å²) < 4.78 is 0. The third-order valence-electron chi connectivity index (χ3n) is 4.77. The molecule has 2 aromatic carbocycles. The average molecular weight is 333 g/mol. The number of H-pyrrole nitrogens is 1. The highest BCUT2D eigenvalue weighted by molar-refractivity contribution is 6.02. The van der Waals surface area contributed by atoms with E-state index in [0.29, 0.717) is 13.0 Å². The lowest BCUT2D eigenvalue weighted by Gasteiger charge is -2.37. The van der Waals surface area contributed by atoms with Gasteiger partial charge in [-0.3, -0.25) is 9.59 Å². The Morgan fingerprint density at radius 1 is 1.16 bits per heavy atom. The summed E-state index contributed by atoms with van der Waals surface area (Å²) in [6.45, 7) is 2.55. The number of nitrogens with one attached hydrogen (secondary N) is 2. The number of likely N-dealkylation sites (tertiary alicyclic amines) is 1. The number of carbonyl (C=O) groups is 2. The third-order valence-corrected chi connectivity index (χ3v) is 4.77. The van der Waals surface area contributed by atoms with Gasteiger partial charge in [0.25, 0.3) is 5.91 Å². The van der Waals surface area contributed by atoms with Crippen LogP contribution in [0.25, 0.3) is 10.9 Å². The number of amides is 2. The first-order valence-electron chi connectivity index (χ1n) is 8.37. The Labute approximate surface area is 145 Å². The van der Waals surface area contributed by atoms with Gasteiger partial charge in [-0.1, -0.05) is 36.4 Å². The van der Waals surface area contributed by atoms with Gasteiger partial charge in [-0.05, 0) is 24.6 Å². The van der Waals surface area contributed by atoms with Gasteiger partial charge in [0.05, 0.1) is 0 Å². The van der Waals surface area contributed by atoms with Crippen molar-refractivity contribution in [2.24, 2.45) is 0 Å². The molecule has 5 heteroatoms. The Balaban J connectivity index is 1.73. The number of hydrogen-bond acceptors (Lipinski definition) is 2. The number of hydrogen-bond donors (Lipinski definition) is 2. The number of anilines is 1. The van der Waals surface area contributed by atoms with Gasteiger partial charge in [0, 0.05) is 41.3 Å². The molecule has 0 spiro atoms. The average Bonchev–Trinajstić information content (AvgIpc) is 3.03. The Hall–Kier alpha value is -3.08. The number of benzene rings is 2. The van der Waals surface area contributed by atoms with E-state index in [1.165, 1.54) is 0 Å². The summed E-state index contributed by atoms with van der Waals surface area (Å²) in [6.07, 6.45) is 2.33. The maximum absolute atomic E-state index is 13.1. The second-order valence-electron chi connectivity index (χ2n) is 6.33. The van der Waals surface area contributed by atoms with Gasteiger partial charge in [-0.15, -0.1) is 0 Å². The lowest BCUT2D eigenvalue weighted by molar-refractivity contribution is -0.147. The van der Waals surface area contributed by atoms with E-state index in [2.05, 4.69) is 10.3 Å². The zero-order valence-electron chi connectivity index (χ0n) is 14.0.